The van der Waals surface area contributed by atoms with E-state index in [9.17, 15) is 9.90 Å². The quantitative estimate of drug-likeness (QED) is 0.817. The minimum Gasteiger partial charge on any atom is -0.466 e. The van der Waals surface area contributed by atoms with Crippen molar-refractivity contribution in [3.05, 3.63) is 35.4 Å². The van der Waals surface area contributed by atoms with Crippen LogP contribution < -0.4 is 0 Å². The molecule has 0 radical (unpaired) electrons. The summed E-state index contributed by atoms with van der Waals surface area (Å²) in [6, 6.07) is 7.59. The zero-order valence-corrected chi connectivity index (χ0v) is 11.5. The van der Waals surface area contributed by atoms with Gasteiger partial charge in [0.05, 0.1) is 18.6 Å². The molecule has 3 nitrogen and oxygen atoms in total. The summed E-state index contributed by atoms with van der Waals surface area (Å²) in [5.74, 6) is -0.826. The lowest BCUT2D eigenvalue weighted by Crippen LogP contribution is -2.29. The number of carbonyl (C=O) groups excluding carboxylic acids is 1. The van der Waals surface area contributed by atoms with Crippen molar-refractivity contribution in [1.29, 1.82) is 0 Å². The van der Waals surface area contributed by atoms with E-state index in [-0.39, 0.29) is 11.9 Å². The molecule has 0 fully saturated rings. The Bertz CT molecular complexity index is 398. The van der Waals surface area contributed by atoms with Crippen LogP contribution in [-0.4, -0.2) is 17.7 Å². The van der Waals surface area contributed by atoms with Crippen molar-refractivity contribution in [3.63, 3.8) is 0 Å². The van der Waals surface area contributed by atoms with Crippen LogP contribution in [0.5, 0.6) is 0 Å². The predicted octanol–water partition coefficient (Wildman–Crippen LogP) is 2.86. The highest BCUT2D eigenvalue weighted by atomic mass is 16.5. The highest BCUT2D eigenvalue weighted by Crippen LogP contribution is 2.29. The molecule has 2 atom stereocenters. The van der Waals surface area contributed by atoms with Crippen LogP contribution in [0, 0.1) is 18.8 Å². The van der Waals surface area contributed by atoms with Crippen molar-refractivity contribution in [1.82, 2.24) is 0 Å². The highest BCUT2D eigenvalue weighted by molar-refractivity contribution is 5.73. The first-order valence-electron chi connectivity index (χ1n) is 6.38. The molecule has 0 aliphatic carbocycles. The van der Waals surface area contributed by atoms with Gasteiger partial charge in [0, 0.05) is 0 Å². The van der Waals surface area contributed by atoms with Gasteiger partial charge in [-0.1, -0.05) is 43.7 Å². The molecule has 3 heteroatoms. The molecular weight excluding hydrogens is 228 g/mol. The SMILES string of the molecule is CCOC(=O)C(C(C)C)C(O)c1cccc(C)c1. The summed E-state index contributed by atoms with van der Waals surface area (Å²) in [5.41, 5.74) is 1.83. The average molecular weight is 250 g/mol. The van der Waals surface area contributed by atoms with Gasteiger partial charge in [-0.15, -0.1) is 0 Å². The molecule has 0 aliphatic rings. The Balaban J connectivity index is 2.96. The Hall–Kier alpha value is -1.35. The second-order valence-electron chi connectivity index (χ2n) is 4.88. The fourth-order valence-corrected chi connectivity index (χ4v) is 2.07. The molecule has 100 valence electrons. The van der Waals surface area contributed by atoms with E-state index in [4.69, 9.17) is 4.74 Å². The molecule has 0 amide bonds. The Morgan fingerprint density at radius 3 is 2.56 bits per heavy atom. The summed E-state index contributed by atoms with van der Waals surface area (Å²) in [7, 11) is 0. The lowest BCUT2D eigenvalue weighted by molar-refractivity contribution is -0.154. The molecule has 2 unspecified atom stereocenters. The Morgan fingerprint density at radius 2 is 2.06 bits per heavy atom. The van der Waals surface area contributed by atoms with Crippen molar-refractivity contribution in [2.75, 3.05) is 6.61 Å². The van der Waals surface area contributed by atoms with Crippen molar-refractivity contribution in [2.45, 2.75) is 33.8 Å². The number of ether oxygens (including phenoxy) is 1. The Labute approximate surface area is 109 Å². The third-order valence-electron chi connectivity index (χ3n) is 3.00. The van der Waals surface area contributed by atoms with Gasteiger partial charge in [0.25, 0.3) is 0 Å². The maximum Gasteiger partial charge on any atom is 0.312 e. The van der Waals surface area contributed by atoms with E-state index >= 15 is 0 Å². The minimum absolute atomic E-state index is 0.0274. The number of hydrogen-bond donors (Lipinski definition) is 1. The monoisotopic (exact) mass is 250 g/mol. The van der Waals surface area contributed by atoms with Gasteiger partial charge in [-0.25, -0.2) is 0 Å². The molecule has 1 N–H and O–H groups in total. The zero-order chi connectivity index (χ0) is 13.7. The van der Waals surface area contributed by atoms with Crippen molar-refractivity contribution < 1.29 is 14.6 Å². The number of hydrogen-bond acceptors (Lipinski definition) is 3. The molecule has 0 heterocycles. The second kappa shape index (κ2) is 6.55. The summed E-state index contributed by atoms with van der Waals surface area (Å²) in [6.07, 6.45) is -0.816. The van der Waals surface area contributed by atoms with E-state index in [2.05, 4.69) is 0 Å². The number of aliphatic hydroxyl groups excluding tert-OH is 1. The lowest BCUT2D eigenvalue weighted by Gasteiger charge is -2.25. The standard InChI is InChI=1S/C15H22O3/c1-5-18-15(17)13(10(2)3)14(16)12-8-6-7-11(4)9-12/h6-10,13-14,16H,5H2,1-4H3. The molecular formula is C15H22O3. The number of benzene rings is 1. The molecule has 0 saturated carbocycles. The van der Waals surface area contributed by atoms with Crippen LogP contribution in [0.1, 0.15) is 38.0 Å². The summed E-state index contributed by atoms with van der Waals surface area (Å²) in [6.45, 7) is 7.91. The summed E-state index contributed by atoms with van der Waals surface area (Å²) < 4.78 is 5.04. The Kier molecular flexibility index (Phi) is 5.35. The zero-order valence-electron chi connectivity index (χ0n) is 11.5. The Morgan fingerprint density at radius 1 is 1.39 bits per heavy atom. The van der Waals surface area contributed by atoms with Crippen LogP contribution in [0.15, 0.2) is 24.3 Å². The molecule has 18 heavy (non-hydrogen) atoms. The van der Waals surface area contributed by atoms with E-state index in [1.54, 1.807) is 6.92 Å². The van der Waals surface area contributed by atoms with E-state index < -0.39 is 12.0 Å². The first kappa shape index (κ1) is 14.7. The van der Waals surface area contributed by atoms with E-state index in [0.29, 0.717) is 6.61 Å². The third kappa shape index (κ3) is 3.57. The number of aliphatic hydroxyl groups is 1. The average Bonchev–Trinajstić information content (AvgIpc) is 2.28. The fraction of sp³-hybridized carbons (Fsp3) is 0.533. The topological polar surface area (TPSA) is 46.5 Å². The van der Waals surface area contributed by atoms with Crippen molar-refractivity contribution in [3.8, 4) is 0 Å². The lowest BCUT2D eigenvalue weighted by atomic mass is 9.86. The maximum absolute atomic E-state index is 11.9. The largest absolute Gasteiger partial charge is 0.466 e. The molecule has 0 aromatic heterocycles. The second-order valence-corrected chi connectivity index (χ2v) is 4.88. The fourth-order valence-electron chi connectivity index (χ4n) is 2.07. The van der Waals surface area contributed by atoms with Gasteiger partial charge in [0.2, 0.25) is 0 Å². The van der Waals surface area contributed by atoms with Crippen LogP contribution in [0.4, 0.5) is 0 Å². The summed E-state index contributed by atoms with van der Waals surface area (Å²) in [4.78, 5) is 11.9. The van der Waals surface area contributed by atoms with Crippen molar-refractivity contribution >= 4 is 5.97 Å². The normalized spacial score (nSPS) is 14.3. The smallest absolute Gasteiger partial charge is 0.312 e. The van der Waals surface area contributed by atoms with Gasteiger partial charge >= 0.3 is 5.97 Å². The summed E-state index contributed by atoms with van der Waals surface area (Å²) >= 11 is 0. The number of rotatable bonds is 5. The van der Waals surface area contributed by atoms with Crippen LogP contribution >= 0.6 is 0 Å². The van der Waals surface area contributed by atoms with Gasteiger partial charge in [0.15, 0.2) is 0 Å². The van der Waals surface area contributed by atoms with Crippen molar-refractivity contribution in [2.24, 2.45) is 11.8 Å². The van der Waals surface area contributed by atoms with Crippen LogP contribution in [0.25, 0.3) is 0 Å². The highest BCUT2D eigenvalue weighted by Gasteiger charge is 2.32. The molecule has 1 rings (SSSR count). The van der Waals surface area contributed by atoms with Crippen LogP contribution in [0.3, 0.4) is 0 Å². The third-order valence-corrected chi connectivity index (χ3v) is 3.00. The molecule has 1 aromatic rings. The number of esters is 1. The number of aryl methyl sites for hydroxylation is 1. The summed E-state index contributed by atoms with van der Waals surface area (Å²) in [5, 5.41) is 10.4. The molecule has 1 aromatic carbocycles. The molecule has 0 aliphatic heterocycles. The van der Waals surface area contributed by atoms with E-state index in [1.165, 1.54) is 0 Å². The van der Waals surface area contributed by atoms with Crippen LogP contribution in [0.2, 0.25) is 0 Å². The van der Waals surface area contributed by atoms with Gasteiger partial charge < -0.3 is 9.84 Å². The van der Waals surface area contributed by atoms with Gasteiger partial charge in [0.1, 0.15) is 0 Å². The maximum atomic E-state index is 11.9. The van der Waals surface area contributed by atoms with Gasteiger partial charge in [-0.05, 0) is 25.3 Å². The van der Waals surface area contributed by atoms with Gasteiger partial charge in [-0.2, -0.15) is 0 Å². The minimum atomic E-state index is -0.816. The molecule has 0 saturated heterocycles. The predicted molar refractivity (Wildman–Crippen MR) is 71.1 cm³/mol. The first-order valence-corrected chi connectivity index (χ1v) is 6.38. The molecule has 0 bridgehead atoms. The van der Waals surface area contributed by atoms with E-state index in [1.807, 2.05) is 45.0 Å². The molecule has 0 spiro atoms. The van der Waals surface area contributed by atoms with E-state index in [0.717, 1.165) is 11.1 Å². The van der Waals surface area contributed by atoms with Gasteiger partial charge in [-0.3, -0.25) is 4.79 Å². The first-order chi connectivity index (χ1) is 8.47. The van der Waals surface area contributed by atoms with Crippen LogP contribution in [-0.2, 0) is 9.53 Å². The number of carbonyl (C=O) groups is 1.